The number of rotatable bonds is 6. The molecular weight excluding hydrogens is 421 g/mol. The van der Waals surface area contributed by atoms with E-state index in [0.717, 1.165) is 50.9 Å². The van der Waals surface area contributed by atoms with Crippen LogP contribution in [0.2, 0.25) is 0 Å². The zero-order valence-corrected chi connectivity index (χ0v) is 19.1. The Morgan fingerprint density at radius 1 is 1.09 bits per heavy atom. The molecule has 2 N–H and O–H groups in total. The molecule has 4 rings (SSSR count). The number of nitrogens with zero attached hydrogens (tertiary/aromatic N) is 2. The monoisotopic (exact) mass is 453 g/mol. The first-order chi connectivity index (χ1) is 15.9. The summed E-state index contributed by atoms with van der Waals surface area (Å²) in [4.78, 5) is 27.8. The molecule has 33 heavy (non-hydrogen) atoms. The smallest absolute Gasteiger partial charge is 0.407 e. The third kappa shape index (κ3) is 5.71. The van der Waals surface area contributed by atoms with Crippen LogP contribution < -0.4 is 5.32 Å². The molecule has 7 heteroatoms. The molecule has 1 aliphatic carbocycles. The third-order valence-electron chi connectivity index (χ3n) is 7.07. The average Bonchev–Trinajstić information content (AvgIpc) is 2.82. The summed E-state index contributed by atoms with van der Waals surface area (Å²) in [6, 6.07) is 12.1. The number of carbonyl (C=O) groups is 2. The SMILES string of the molecule is CCN(CC1CCN(C(=O)O)CC1)C1CCc2ccc(NC(=O)c3ccc(F)cc3)cc2C1. The molecule has 1 atom stereocenters. The zero-order valence-electron chi connectivity index (χ0n) is 19.1. The van der Waals surface area contributed by atoms with Gasteiger partial charge in [0.25, 0.3) is 5.91 Å². The first kappa shape index (κ1) is 23.2. The summed E-state index contributed by atoms with van der Waals surface area (Å²) in [5, 5.41) is 12.1. The second-order valence-corrected chi connectivity index (χ2v) is 9.14. The second-order valence-electron chi connectivity index (χ2n) is 9.14. The van der Waals surface area contributed by atoms with Crippen molar-refractivity contribution in [3.63, 3.8) is 0 Å². The zero-order chi connectivity index (χ0) is 23.4. The van der Waals surface area contributed by atoms with Crippen LogP contribution in [-0.4, -0.2) is 59.1 Å². The Kier molecular flexibility index (Phi) is 7.28. The quantitative estimate of drug-likeness (QED) is 0.668. The van der Waals surface area contributed by atoms with E-state index in [1.165, 1.54) is 40.3 Å². The minimum atomic E-state index is -0.813. The van der Waals surface area contributed by atoms with Crippen molar-refractivity contribution >= 4 is 17.7 Å². The number of carboxylic acid groups (broad SMARTS) is 1. The number of anilines is 1. The summed E-state index contributed by atoms with van der Waals surface area (Å²) in [5.41, 5.74) is 3.78. The van der Waals surface area contributed by atoms with Crippen molar-refractivity contribution < 1.29 is 19.1 Å². The van der Waals surface area contributed by atoms with E-state index in [9.17, 15) is 19.1 Å². The summed E-state index contributed by atoms with van der Waals surface area (Å²) in [6.07, 6.45) is 4.09. The molecule has 0 bridgehead atoms. The lowest BCUT2D eigenvalue weighted by Gasteiger charge is -2.39. The van der Waals surface area contributed by atoms with Crippen molar-refractivity contribution in [2.24, 2.45) is 5.92 Å². The van der Waals surface area contributed by atoms with E-state index in [1.54, 1.807) is 0 Å². The second kappa shape index (κ2) is 10.3. The fourth-order valence-corrected chi connectivity index (χ4v) is 5.11. The van der Waals surface area contributed by atoms with Crippen LogP contribution in [-0.2, 0) is 12.8 Å². The summed E-state index contributed by atoms with van der Waals surface area (Å²) < 4.78 is 13.1. The molecule has 176 valence electrons. The number of aryl methyl sites for hydroxylation is 1. The van der Waals surface area contributed by atoms with E-state index in [4.69, 9.17) is 0 Å². The maximum atomic E-state index is 13.1. The fraction of sp³-hybridized carbons (Fsp3) is 0.462. The van der Waals surface area contributed by atoms with Gasteiger partial charge in [-0.25, -0.2) is 9.18 Å². The van der Waals surface area contributed by atoms with Crippen molar-refractivity contribution in [2.45, 2.75) is 45.1 Å². The lowest BCUT2D eigenvalue weighted by atomic mass is 9.86. The number of piperidine rings is 1. The van der Waals surface area contributed by atoms with Crippen LogP contribution in [0.5, 0.6) is 0 Å². The molecule has 1 unspecified atom stereocenters. The van der Waals surface area contributed by atoms with Gasteiger partial charge in [-0.05, 0) is 92.1 Å². The van der Waals surface area contributed by atoms with Crippen LogP contribution in [0, 0.1) is 11.7 Å². The molecule has 2 aromatic rings. The number of benzene rings is 2. The number of amides is 2. The summed E-state index contributed by atoms with van der Waals surface area (Å²) in [5.74, 6) is -0.0761. The molecule has 2 aliphatic rings. The summed E-state index contributed by atoms with van der Waals surface area (Å²) >= 11 is 0. The molecule has 6 nitrogen and oxygen atoms in total. The largest absolute Gasteiger partial charge is 0.465 e. The van der Waals surface area contributed by atoms with Crippen LogP contribution in [0.25, 0.3) is 0 Å². The fourth-order valence-electron chi connectivity index (χ4n) is 5.11. The minimum Gasteiger partial charge on any atom is -0.465 e. The van der Waals surface area contributed by atoms with E-state index in [-0.39, 0.29) is 11.7 Å². The van der Waals surface area contributed by atoms with E-state index in [0.29, 0.717) is 30.6 Å². The maximum Gasteiger partial charge on any atom is 0.407 e. The molecule has 0 spiro atoms. The molecule has 1 fully saturated rings. The lowest BCUT2D eigenvalue weighted by molar-refractivity contribution is 0.101. The van der Waals surface area contributed by atoms with Gasteiger partial charge in [-0.15, -0.1) is 0 Å². The number of nitrogens with one attached hydrogen (secondary N) is 1. The van der Waals surface area contributed by atoms with Gasteiger partial charge < -0.3 is 20.2 Å². The van der Waals surface area contributed by atoms with Gasteiger partial charge in [-0.3, -0.25) is 4.79 Å². The van der Waals surface area contributed by atoms with Crippen LogP contribution in [0.4, 0.5) is 14.9 Å². The van der Waals surface area contributed by atoms with Gasteiger partial charge in [-0.1, -0.05) is 13.0 Å². The highest BCUT2D eigenvalue weighted by Gasteiger charge is 2.28. The van der Waals surface area contributed by atoms with Gasteiger partial charge in [0.05, 0.1) is 0 Å². The normalized spacial score (nSPS) is 18.8. The number of fused-ring (bicyclic) bond motifs is 1. The summed E-state index contributed by atoms with van der Waals surface area (Å²) in [7, 11) is 0. The number of carbonyl (C=O) groups excluding carboxylic acids is 1. The van der Waals surface area contributed by atoms with Crippen molar-refractivity contribution in [2.75, 3.05) is 31.5 Å². The number of hydrogen-bond acceptors (Lipinski definition) is 3. The highest BCUT2D eigenvalue weighted by Crippen LogP contribution is 2.29. The van der Waals surface area contributed by atoms with Gasteiger partial charge in [-0.2, -0.15) is 0 Å². The molecule has 2 amide bonds. The van der Waals surface area contributed by atoms with Crippen molar-refractivity contribution in [3.8, 4) is 0 Å². The number of halogens is 1. The molecular formula is C26H32FN3O3. The lowest BCUT2D eigenvalue weighted by Crippen LogP contribution is -2.45. The molecule has 1 saturated heterocycles. The summed E-state index contributed by atoms with van der Waals surface area (Å²) in [6.45, 7) is 5.43. The Morgan fingerprint density at radius 3 is 2.48 bits per heavy atom. The Labute approximate surface area is 194 Å². The van der Waals surface area contributed by atoms with Crippen LogP contribution >= 0.6 is 0 Å². The first-order valence-corrected chi connectivity index (χ1v) is 11.8. The minimum absolute atomic E-state index is 0.245. The highest BCUT2D eigenvalue weighted by molar-refractivity contribution is 6.04. The van der Waals surface area contributed by atoms with Gasteiger partial charge in [0.2, 0.25) is 0 Å². The Bertz CT molecular complexity index is 987. The van der Waals surface area contributed by atoms with Gasteiger partial charge >= 0.3 is 6.09 Å². The third-order valence-corrected chi connectivity index (χ3v) is 7.07. The van der Waals surface area contributed by atoms with Crippen LogP contribution in [0.3, 0.4) is 0 Å². The van der Waals surface area contributed by atoms with Crippen LogP contribution in [0.1, 0.15) is 47.7 Å². The Balaban J connectivity index is 1.38. The van der Waals surface area contributed by atoms with Gasteiger partial charge in [0.15, 0.2) is 0 Å². The predicted molar refractivity (Wildman–Crippen MR) is 126 cm³/mol. The number of hydrogen-bond donors (Lipinski definition) is 2. The van der Waals surface area contributed by atoms with E-state index >= 15 is 0 Å². The predicted octanol–water partition coefficient (Wildman–Crippen LogP) is 4.65. The Hall–Kier alpha value is -2.93. The molecule has 1 heterocycles. The van der Waals surface area contributed by atoms with E-state index < -0.39 is 6.09 Å². The standard InChI is InChI=1S/C26H32FN3O3/c1-2-29(17-18-11-13-30(14-12-18)26(32)33)24-10-6-19-5-9-23(15-21(19)16-24)28-25(31)20-3-7-22(27)8-4-20/h3-5,7-9,15,18,24H,2,6,10-14,16-17H2,1H3,(H,28,31)(H,32,33). The maximum absolute atomic E-state index is 13.1. The molecule has 0 radical (unpaired) electrons. The van der Waals surface area contributed by atoms with Gasteiger partial charge in [0, 0.05) is 36.9 Å². The van der Waals surface area contributed by atoms with Crippen molar-refractivity contribution in [1.29, 1.82) is 0 Å². The van der Waals surface area contributed by atoms with E-state index in [1.807, 2.05) is 6.07 Å². The Morgan fingerprint density at radius 2 is 1.82 bits per heavy atom. The topological polar surface area (TPSA) is 72.9 Å². The van der Waals surface area contributed by atoms with Crippen molar-refractivity contribution in [1.82, 2.24) is 9.80 Å². The first-order valence-electron chi connectivity index (χ1n) is 11.8. The number of likely N-dealkylation sites (N-methyl/N-ethyl adjacent to an activating group) is 1. The average molecular weight is 454 g/mol. The molecule has 0 saturated carbocycles. The molecule has 2 aromatic carbocycles. The van der Waals surface area contributed by atoms with E-state index in [2.05, 4.69) is 29.3 Å². The van der Waals surface area contributed by atoms with Crippen LogP contribution in [0.15, 0.2) is 42.5 Å². The van der Waals surface area contributed by atoms with Crippen molar-refractivity contribution in [3.05, 3.63) is 65.0 Å². The van der Waals surface area contributed by atoms with Gasteiger partial charge in [0.1, 0.15) is 5.82 Å². The highest BCUT2D eigenvalue weighted by atomic mass is 19.1. The number of likely N-dealkylation sites (tertiary alicyclic amines) is 1. The molecule has 1 aliphatic heterocycles. The molecule has 0 aromatic heterocycles.